The van der Waals surface area contributed by atoms with Crippen molar-refractivity contribution in [1.29, 1.82) is 0 Å². The van der Waals surface area contributed by atoms with E-state index >= 15 is 0 Å². The Morgan fingerprint density at radius 2 is 1.93 bits per heavy atom. The van der Waals surface area contributed by atoms with E-state index in [2.05, 4.69) is 74.9 Å². The van der Waals surface area contributed by atoms with E-state index in [1.807, 2.05) is 19.2 Å². The quantitative estimate of drug-likeness (QED) is 0.655. The molecule has 0 bridgehead atoms. The Morgan fingerprint density at radius 1 is 1.15 bits per heavy atom. The Morgan fingerprint density at radius 3 is 2.67 bits per heavy atom. The molecule has 1 saturated carbocycles. The lowest BCUT2D eigenvalue weighted by molar-refractivity contribution is 0.502. The average Bonchev–Trinajstić information content (AvgIpc) is 3.35. The van der Waals surface area contributed by atoms with Crippen molar-refractivity contribution in [3.8, 4) is 5.69 Å². The molecule has 140 valence electrons. The first kappa shape index (κ1) is 17.5. The first-order valence-electron chi connectivity index (χ1n) is 9.46. The van der Waals surface area contributed by atoms with Crippen molar-refractivity contribution in [2.24, 2.45) is 10.9 Å². The molecule has 0 aliphatic heterocycles. The van der Waals surface area contributed by atoms with E-state index < -0.39 is 0 Å². The van der Waals surface area contributed by atoms with E-state index in [0.29, 0.717) is 17.9 Å². The molecule has 2 N–H and O–H groups in total. The van der Waals surface area contributed by atoms with E-state index in [1.54, 1.807) is 0 Å². The number of aromatic amines is 1. The predicted octanol–water partition coefficient (Wildman–Crippen LogP) is 4.54. The Labute approximate surface area is 159 Å². The van der Waals surface area contributed by atoms with Gasteiger partial charge in [-0.3, -0.25) is 4.57 Å². The lowest BCUT2D eigenvalue weighted by atomic mass is 9.97. The minimum absolute atomic E-state index is 0.349. The zero-order chi connectivity index (χ0) is 19.0. The van der Waals surface area contributed by atoms with Gasteiger partial charge in [0.2, 0.25) is 0 Å². The summed E-state index contributed by atoms with van der Waals surface area (Å²) < 4.78 is 2.12. The van der Waals surface area contributed by atoms with Crippen LogP contribution in [0.1, 0.15) is 42.9 Å². The average molecular weight is 362 g/mol. The highest BCUT2D eigenvalue weighted by Gasteiger charge is 2.36. The van der Waals surface area contributed by atoms with Gasteiger partial charge in [-0.15, -0.1) is 10.2 Å². The molecule has 1 aromatic carbocycles. The highest BCUT2D eigenvalue weighted by Crippen LogP contribution is 2.41. The molecule has 2 aromatic heterocycles. The number of hydrogen-bond donors (Lipinski definition) is 2. The van der Waals surface area contributed by atoms with Gasteiger partial charge in [0, 0.05) is 23.8 Å². The minimum Gasteiger partial charge on any atom is -0.382 e. The molecule has 0 spiro atoms. The molecule has 1 fully saturated rings. The summed E-state index contributed by atoms with van der Waals surface area (Å²) in [6, 6.07) is 11.0. The molecule has 2 heterocycles. The molecular formula is C21H26N6. The largest absolute Gasteiger partial charge is 0.382 e. The zero-order valence-corrected chi connectivity index (χ0v) is 16.1. The first-order valence-corrected chi connectivity index (χ1v) is 9.46. The Hall–Kier alpha value is -2.89. The number of aromatic nitrogens is 4. The van der Waals surface area contributed by atoms with Crippen LogP contribution in [0.2, 0.25) is 0 Å². The van der Waals surface area contributed by atoms with Gasteiger partial charge in [0.05, 0.1) is 5.69 Å². The van der Waals surface area contributed by atoms with Crippen molar-refractivity contribution in [2.45, 2.75) is 45.6 Å². The number of aryl methyl sites for hydroxylation is 2. The fraction of sp³-hybridized carbons (Fsp3) is 0.381. The molecular weight excluding hydrogens is 336 g/mol. The number of hydrogen-bond acceptors (Lipinski definition) is 4. The third-order valence-electron chi connectivity index (χ3n) is 5.59. The molecule has 27 heavy (non-hydrogen) atoms. The molecule has 3 aromatic rings. The molecule has 4 rings (SSSR count). The van der Waals surface area contributed by atoms with Gasteiger partial charge >= 0.3 is 0 Å². The molecule has 0 unspecified atom stereocenters. The summed E-state index contributed by atoms with van der Waals surface area (Å²) in [5, 5.41) is 12.6. The number of nitrogens with one attached hydrogen (secondary N) is 2. The van der Waals surface area contributed by atoms with Crippen LogP contribution in [0.15, 0.2) is 41.5 Å². The summed E-state index contributed by atoms with van der Waals surface area (Å²) in [5.41, 5.74) is 3.42. The maximum atomic E-state index is 4.54. The molecule has 0 saturated heterocycles. The Kier molecular flexibility index (Phi) is 4.56. The van der Waals surface area contributed by atoms with Crippen LogP contribution in [0.4, 0.5) is 11.5 Å². The van der Waals surface area contributed by atoms with Crippen molar-refractivity contribution in [3.05, 3.63) is 53.7 Å². The number of aliphatic imine (C=N–C) groups is 1. The van der Waals surface area contributed by atoms with Crippen molar-refractivity contribution in [1.82, 2.24) is 19.7 Å². The van der Waals surface area contributed by atoms with Gasteiger partial charge in [-0.1, -0.05) is 24.6 Å². The fourth-order valence-electron chi connectivity index (χ4n) is 4.19. The van der Waals surface area contributed by atoms with Crippen LogP contribution >= 0.6 is 0 Å². The van der Waals surface area contributed by atoms with E-state index in [-0.39, 0.29) is 0 Å². The van der Waals surface area contributed by atoms with Gasteiger partial charge in [-0.2, -0.15) is 0 Å². The van der Waals surface area contributed by atoms with Gasteiger partial charge in [0.1, 0.15) is 11.6 Å². The second-order valence-electron chi connectivity index (χ2n) is 7.57. The van der Waals surface area contributed by atoms with E-state index in [0.717, 1.165) is 36.0 Å². The lowest BCUT2D eigenvalue weighted by Gasteiger charge is -2.17. The van der Waals surface area contributed by atoms with Crippen molar-refractivity contribution in [2.75, 3.05) is 5.32 Å². The number of nitrogens with zero attached hydrogens (tertiary/aromatic N) is 4. The number of H-pyrrole nitrogens is 1. The third kappa shape index (κ3) is 3.27. The summed E-state index contributed by atoms with van der Waals surface area (Å²) in [6.45, 7) is 10.1. The summed E-state index contributed by atoms with van der Waals surface area (Å²) in [6.07, 6.45) is 4.03. The highest BCUT2D eigenvalue weighted by molar-refractivity contribution is 5.57. The molecule has 1 aliphatic carbocycles. The van der Waals surface area contributed by atoms with Crippen LogP contribution in [0.5, 0.6) is 0 Å². The molecule has 3 atom stereocenters. The topological polar surface area (TPSA) is 70.9 Å². The van der Waals surface area contributed by atoms with Gasteiger partial charge in [-0.25, -0.2) is 4.99 Å². The molecule has 1 aliphatic rings. The summed E-state index contributed by atoms with van der Waals surface area (Å²) in [7, 11) is 0. The fourth-order valence-corrected chi connectivity index (χ4v) is 4.19. The molecule has 6 heteroatoms. The predicted molar refractivity (Wildman–Crippen MR) is 109 cm³/mol. The SMILES string of the molecule is C=Nc1[nH]ccc1-n1c(C)nnc1[C@H]1C[C@@H](Nc2ccc(C)cc2)C[C@H]1C. The highest BCUT2D eigenvalue weighted by atomic mass is 15.3. The van der Waals surface area contributed by atoms with Gasteiger partial charge < -0.3 is 10.3 Å². The van der Waals surface area contributed by atoms with Gasteiger partial charge in [0.25, 0.3) is 0 Å². The maximum Gasteiger partial charge on any atom is 0.153 e. The Balaban J connectivity index is 1.59. The minimum atomic E-state index is 0.349. The van der Waals surface area contributed by atoms with Crippen LogP contribution < -0.4 is 5.32 Å². The van der Waals surface area contributed by atoms with Gasteiger partial charge in [0.15, 0.2) is 5.82 Å². The molecule has 6 nitrogen and oxygen atoms in total. The van der Waals surface area contributed by atoms with Crippen LogP contribution in [-0.4, -0.2) is 32.5 Å². The summed E-state index contributed by atoms with van der Waals surface area (Å²) in [5.74, 6) is 3.50. The van der Waals surface area contributed by atoms with Crippen LogP contribution in [0.25, 0.3) is 5.69 Å². The van der Waals surface area contributed by atoms with Gasteiger partial charge in [-0.05, 0) is 57.5 Å². The smallest absolute Gasteiger partial charge is 0.153 e. The standard InChI is InChI=1S/C21H26N6/c1-13-5-7-16(8-6-13)24-17-11-14(2)18(12-17)21-26-25-15(3)27(21)19-9-10-23-20(19)22-4/h5-10,14,17-18,23-24H,4,11-12H2,1-3H3/t14-,17+,18+/m1/s1. The lowest BCUT2D eigenvalue weighted by Crippen LogP contribution is -2.16. The number of rotatable bonds is 5. The summed E-state index contributed by atoms with van der Waals surface area (Å²) in [4.78, 5) is 7.23. The normalized spacial score (nSPS) is 22.1. The number of anilines is 1. The van der Waals surface area contributed by atoms with Crippen LogP contribution in [0, 0.1) is 19.8 Å². The second kappa shape index (κ2) is 7.02. The van der Waals surface area contributed by atoms with Crippen LogP contribution in [0.3, 0.4) is 0 Å². The van der Waals surface area contributed by atoms with Crippen molar-refractivity contribution >= 4 is 18.2 Å². The van der Waals surface area contributed by atoms with Crippen molar-refractivity contribution in [3.63, 3.8) is 0 Å². The third-order valence-corrected chi connectivity index (χ3v) is 5.59. The first-order chi connectivity index (χ1) is 13.1. The monoisotopic (exact) mass is 362 g/mol. The van der Waals surface area contributed by atoms with E-state index in [9.17, 15) is 0 Å². The maximum absolute atomic E-state index is 4.54. The Bertz CT molecular complexity index is 936. The second-order valence-corrected chi connectivity index (χ2v) is 7.57. The zero-order valence-electron chi connectivity index (χ0n) is 16.1. The van der Waals surface area contributed by atoms with Crippen LogP contribution in [-0.2, 0) is 0 Å². The van der Waals surface area contributed by atoms with E-state index in [4.69, 9.17) is 0 Å². The molecule has 0 radical (unpaired) electrons. The summed E-state index contributed by atoms with van der Waals surface area (Å²) >= 11 is 0. The van der Waals surface area contributed by atoms with E-state index in [1.165, 1.54) is 11.3 Å². The van der Waals surface area contributed by atoms with Crippen molar-refractivity contribution < 1.29 is 0 Å². The number of benzene rings is 1. The molecule has 0 amide bonds.